The Labute approximate surface area is 428 Å². The molecule has 2 saturated carbocycles. The van der Waals surface area contributed by atoms with E-state index in [0.717, 1.165) is 128 Å². The molecule has 5 amide bonds. The minimum absolute atomic E-state index is 0.0537. The number of anilines is 3. The monoisotopic (exact) mass is 990 g/mol. The molecule has 8 fully saturated rings. The molecule has 2 aliphatic carbocycles. The molecule has 4 atom stereocenters. The summed E-state index contributed by atoms with van der Waals surface area (Å²) < 4.78 is 2.20. The van der Waals surface area contributed by atoms with Crippen LogP contribution in [0.15, 0.2) is 48.9 Å². The van der Waals surface area contributed by atoms with E-state index in [1.165, 1.54) is 19.3 Å². The fourth-order valence-corrected chi connectivity index (χ4v) is 14.5. The summed E-state index contributed by atoms with van der Waals surface area (Å²) >= 11 is 0. The summed E-state index contributed by atoms with van der Waals surface area (Å²) in [7, 11) is 0. The van der Waals surface area contributed by atoms with E-state index >= 15 is 4.79 Å². The van der Waals surface area contributed by atoms with E-state index in [1.54, 1.807) is 6.20 Å². The van der Waals surface area contributed by atoms with Crippen LogP contribution in [0.25, 0.3) is 22.3 Å². The number of carbonyl (C=O) groups is 5. The predicted molar refractivity (Wildman–Crippen MR) is 278 cm³/mol. The minimum Gasteiger partial charge on any atom is -0.366 e. The van der Waals surface area contributed by atoms with Crippen LogP contribution < -0.4 is 20.4 Å². The molecule has 0 radical (unpaired) electrons. The second-order valence-electron chi connectivity index (χ2n) is 23.6. The number of benzene rings is 1. The smallest absolute Gasteiger partial charge is 0.238 e. The summed E-state index contributed by atoms with van der Waals surface area (Å²) in [5, 5.41) is 6.15. The first-order valence-electron chi connectivity index (χ1n) is 28.0. The van der Waals surface area contributed by atoms with Crippen LogP contribution in [-0.2, 0) is 29.4 Å². The third-order valence-corrected chi connectivity index (χ3v) is 18.9. The highest BCUT2D eigenvalue weighted by Crippen LogP contribution is 2.53. The molecule has 13 rings (SSSR count). The lowest BCUT2D eigenvalue weighted by atomic mass is 9.73. The molecule has 3 aromatic heterocycles. The number of nitrogens with one attached hydrogen (secondary N) is 2. The van der Waals surface area contributed by atoms with Crippen LogP contribution in [0.1, 0.15) is 146 Å². The first-order chi connectivity index (χ1) is 35.5. The lowest BCUT2D eigenvalue weighted by Gasteiger charge is -2.48. The van der Waals surface area contributed by atoms with Gasteiger partial charge in [-0.05, 0) is 153 Å². The van der Waals surface area contributed by atoms with Gasteiger partial charge < -0.3 is 34.4 Å². The van der Waals surface area contributed by atoms with E-state index in [0.29, 0.717) is 63.7 Å². The van der Waals surface area contributed by atoms with Crippen LogP contribution in [0, 0.1) is 11.8 Å². The van der Waals surface area contributed by atoms with Crippen molar-refractivity contribution in [3.63, 3.8) is 0 Å². The van der Waals surface area contributed by atoms with Crippen LogP contribution in [0.2, 0.25) is 0 Å². The normalized spacial score (nSPS) is 28.5. The zero-order valence-electron chi connectivity index (χ0n) is 42.6. The van der Waals surface area contributed by atoms with Crippen molar-refractivity contribution < 1.29 is 24.0 Å². The summed E-state index contributed by atoms with van der Waals surface area (Å²) in [5.74, 6) is 1.34. The third-order valence-electron chi connectivity index (χ3n) is 18.9. The van der Waals surface area contributed by atoms with Crippen LogP contribution in [0.4, 0.5) is 17.3 Å². The Hall–Kier alpha value is -5.90. The van der Waals surface area contributed by atoms with Crippen LogP contribution >= 0.6 is 0 Å². The Bertz CT molecular complexity index is 2820. The highest BCUT2D eigenvalue weighted by molar-refractivity contribution is 6.09. The van der Waals surface area contributed by atoms with Gasteiger partial charge in [0.05, 0.1) is 28.9 Å². The Balaban J connectivity index is 0.678. The molecule has 6 saturated heterocycles. The van der Waals surface area contributed by atoms with Crippen molar-refractivity contribution in [3.05, 3.63) is 60.0 Å². The number of pyridine rings is 2. The molecule has 384 valence electrons. The molecule has 9 aliphatic rings. The number of imide groups is 1. The lowest BCUT2D eigenvalue weighted by molar-refractivity contribution is -0.148. The summed E-state index contributed by atoms with van der Waals surface area (Å²) in [6.45, 7) is 9.21. The van der Waals surface area contributed by atoms with Crippen molar-refractivity contribution in [1.82, 2.24) is 39.5 Å². The van der Waals surface area contributed by atoms with Gasteiger partial charge in [-0.2, -0.15) is 0 Å². The molecule has 1 aromatic carbocycles. The van der Waals surface area contributed by atoms with Gasteiger partial charge in [0.25, 0.3) is 0 Å². The summed E-state index contributed by atoms with van der Waals surface area (Å²) in [5.41, 5.74) is 6.07. The van der Waals surface area contributed by atoms with Gasteiger partial charge in [0, 0.05) is 98.1 Å². The molecular weight excluding hydrogens is 919 g/mol. The van der Waals surface area contributed by atoms with Gasteiger partial charge in [0.2, 0.25) is 29.5 Å². The van der Waals surface area contributed by atoms with E-state index in [1.807, 2.05) is 18.5 Å². The quantitative estimate of drug-likeness (QED) is 0.156. The molecule has 1 spiro atoms. The van der Waals surface area contributed by atoms with Gasteiger partial charge in [0.1, 0.15) is 11.3 Å². The van der Waals surface area contributed by atoms with Crippen molar-refractivity contribution in [1.29, 1.82) is 0 Å². The number of rotatable bonds is 10. The minimum atomic E-state index is -0.674. The number of hydrogen-bond donors (Lipinski definition) is 2. The molecule has 4 aromatic rings. The Morgan fingerprint density at radius 3 is 2.19 bits per heavy atom. The molecule has 2 bridgehead atoms. The van der Waals surface area contributed by atoms with Gasteiger partial charge in [-0.15, -0.1) is 0 Å². The third kappa shape index (κ3) is 8.28. The molecular formula is C57H71N11O5. The number of likely N-dealkylation sites (tertiary alicyclic amines) is 2. The topological polar surface area (TPSA) is 169 Å². The first kappa shape index (κ1) is 46.9. The number of imidazole rings is 1. The number of fused-ring (bicyclic) bond motifs is 5. The second kappa shape index (κ2) is 18.5. The Morgan fingerprint density at radius 2 is 1.51 bits per heavy atom. The van der Waals surface area contributed by atoms with Crippen molar-refractivity contribution in [3.8, 4) is 11.3 Å². The fourth-order valence-electron chi connectivity index (χ4n) is 14.5. The molecule has 2 N–H and O–H groups in total. The molecule has 10 heterocycles. The fraction of sp³-hybridized carbons (Fsp3) is 0.614. The van der Waals surface area contributed by atoms with Crippen LogP contribution in [-0.4, -0.2) is 133 Å². The van der Waals surface area contributed by atoms with Gasteiger partial charge in [-0.3, -0.25) is 29.3 Å². The molecule has 16 heteroatoms. The molecule has 16 nitrogen and oxygen atoms in total. The van der Waals surface area contributed by atoms with Crippen molar-refractivity contribution in [2.75, 3.05) is 54.4 Å². The number of piperidine rings is 5. The standard InChI is InChI=1S/C57H71N11O5/c1-34(2)66-33-59-47-31-46(61-52(51(47)66)60-39-8-9-39)36-6-13-45-48(28-36)68(43-29-42(30-43)63-20-4-3-5-21-63)56(73)57(45)18-24-65(25-19-57)54(71)38-26-40-10-11-41(27-38)67(40)55(72)35-16-22-64(23-17-35)49-14-7-37(32-58-49)44-12-15-50(69)62-53(44)70/h6-7,13-14,28,31-35,38-44H,3-5,8-12,15-27,29-30H2,1-2H3,(H,60,61)(H,62,69,70)/t38?,40-,41?,42?,43?,44+/m0/s1. The number of nitrogens with zero attached hydrogens (tertiary/aromatic N) is 9. The summed E-state index contributed by atoms with van der Waals surface area (Å²) in [4.78, 5) is 94.4. The van der Waals surface area contributed by atoms with Gasteiger partial charge >= 0.3 is 0 Å². The highest BCUT2D eigenvalue weighted by Gasteiger charge is 2.57. The van der Waals surface area contributed by atoms with E-state index in [4.69, 9.17) is 15.0 Å². The Morgan fingerprint density at radius 1 is 0.753 bits per heavy atom. The SMILES string of the molecule is CC(C)n1cnc2cc(-c3ccc4c(c3)N(C3CC(N5CCCCC5)C3)C(=O)C43CCN(C(=O)C4CC5CC[C@@H](C4)N5C(=O)C4CCN(c5ccc([C@H]6CCC(=O)NC6=O)cn5)CC4)CC3)nc(NC3CC3)c21. The number of aromatic nitrogens is 4. The molecule has 7 aliphatic heterocycles. The van der Waals surface area contributed by atoms with E-state index in [9.17, 15) is 19.2 Å². The first-order valence-corrected chi connectivity index (χ1v) is 28.0. The highest BCUT2D eigenvalue weighted by atomic mass is 16.2. The average molecular weight is 990 g/mol. The summed E-state index contributed by atoms with van der Waals surface area (Å²) in [6.07, 6.45) is 18.6. The number of hydrogen-bond acceptors (Lipinski definition) is 11. The van der Waals surface area contributed by atoms with Gasteiger partial charge in [-0.1, -0.05) is 24.6 Å². The van der Waals surface area contributed by atoms with Crippen LogP contribution in [0.3, 0.4) is 0 Å². The maximum absolute atomic E-state index is 15.3. The predicted octanol–water partition coefficient (Wildman–Crippen LogP) is 7.08. The van der Waals surface area contributed by atoms with Crippen molar-refractivity contribution in [2.45, 2.75) is 171 Å². The number of amides is 5. The van der Waals surface area contributed by atoms with Crippen molar-refractivity contribution in [2.24, 2.45) is 11.8 Å². The average Bonchev–Trinajstić information content (AvgIpc) is 3.98. The molecule has 73 heavy (non-hydrogen) atoms. The van der Waals surface area contributed by atoms with Crippen molar-refractivity contribution >= 4 is 57.9 Å². The van der Waals surface area contributed by atoms with Crippen LogP contribution in [0.5, 0.6) is 0 Å². The van der Waals surface area contributed by atoms with E-state index in [-0.39, 0.29) is 71.5 Å². The summed E-state index contributed by atoms with van der Waals surface area (Å²) in [6, 6.07) is 14.1. The zero-order valence-corrected chi connectivity index (χ0v) is 42.6. The zero-order chi connectivity index (χ0) is 49.7. The molecule has 2 unspecified atom stereocenters. The number of carbonyl (C=O) groups excluding carboxylic acids is 5. The second-order valence-corrected chi connectivity index (χ2v) is 23.6. The largest absolute Gasteiger partial charge is 0.366 e. The van der Waals surface area contributed by atoms with E-state index in [2.05, 4.69) is 77.8 Å². The maximum atomic E-state index is 15.3. The van der Waals surface area contributed by atoms with Gasteiger partial charge in [0.15, 0.2) is 5.82 Å². The van der Waals surface area contributed by atoms with E-state index < -0.39 is 5.41 Å². The maximum Gasteiger partial charge on any atom is 0.238 e. The Kier molecular flexibility index (Phi) is 11.9. The van der Waals surface area contributed by atoms with Gasteiger partial charge in [-0.25, -0.2) is 15.0 Å². The lowest BCUT2D eigenvalue weighted by Crippen LogP contribution is -2.59.